The Kier molecular flexibility index (Phi) is 3.35. The van der Waals surface area contributed by atoms with E-state index in [1.807, 2.05) is 0 Å². The number of nitrogens with zero attached hydrogens (tertiary/aromatic N) is 2. The van der Waals surface area contributed by atoms with Crippen molar-refractivity contribution in [2.45, 2.75) is 25.4 Å². The molecule has 1 aliphatic rings. The summed E-state index contributed by atoms with van der Waals surface area (Å²) in [5.74, 6) is 0.0783. The first-order valence-electron chi connectivity index (χ1n) is 5.18. The third kappa shape index (κ3) is 2.48. The summed E-state index contributed by atoms with van der Waals surface area (Å²) in [7, 11) is 1.46. The van der Waals surface area contributed by atoms with Gasteiger partial charge in [0, 0.05) is 6.61 Å². The topological polar surface area (TPSA) is 89.1 Å². The van der Waals surface area contributed by atoms with E-state index in [1.54, 1.807) is 0 Å². The minimum absolute atomic E-state index is 0.194. The molecule has 1 aromatic rings. The third-order valence-corrected chi connectivity index (χ3v) is 2.36. The van der Waals surface area contributed by atoms with Crippen molar-refractivity contribution in [1.29, 1.82) is 0 Å². The van der Waals surface area contributed by atoms with Gasteiger partial charge in [-0.05, 0) is 19.3 Å². The number of ether oxygens (including phenoxy) is 2. The molecule has 0 aromatic carbocycles. The second-order valence-electron chi connectivity index (χ2n) is 3.52. The van der Waals surface area contributed by atoms with E-state index in [1.165, 1.54) is 7.11 Å². The molecule has 0 saturated carbocycles. The van der Waals surface area contributed by atoms with Gasteiger partial charge in [0.2, 0.25) is 5.95 Å². The van der Waals surface area contributed by atoms with Gasteiger partial charge >= 0.3 is 6.01 Å². The van der Waals surface area contributed by atoms with Gasteiger partial charge in [0.05, 0.1) is 7.11 Å². The lowest BCUT2D eigenvalue weighted by atomic mass is 10.1. The highest BCUT2D eigenvalue weighted by Crippen LogP contribution is 2.14. The number of anilines is 1. The van der Waals surface area contributed by atoms with E-state index in [-0.39, 0.29) is 24.0 Å². The normalized spacial score (nSPS) is 20.4. The average Bonchev–Trinajstić information content (AvgIpc) is 2.78. The zero-order chi connectivity index (χ0) is 11.4. The Labute approximate surface area is 92.5 Å². The van der Waals surface area contributed by atoms with Crippen LogP contribution in [0.4, 0.5) is 5.95 Å². The SMILES string of the molecule is COc1n[nH]c(NC(=O)C2CCCCO2)n1. The van der Waals surface area contributed by atoms with E-state index < -0.39 is 0 Å². The minimum Gasteiger partial charge on any atom is -0.466 e. The monoisotopic (exact) mass is 226 g/mol. The van der Waals surface area contributed by atoms with Crippen LogP contribution < -0.4 is 10.1 Å². The number of methoxy groups -OCH3 is 1. The van der Waals surface area contributed by atoms with E-state index >= 15 is 0 Å². The number of nitrogens with one attached hydrogen (secondary N) is 2. The fourth-order valence-electron chi connectivity index (χ4n) is 1.54. The van der Waals surface area contributed by atoms with Crippen molar-refractivity contribution >= 4 is 11.9 Å². The molecule has 1 amide bonds. The number of hydrogen-bond acceptors (Lipinski definition) is 5. The maximum Gasteiger partial charge on any atom is 0.336 e. The average molecular weight is 226 g/mol. The molecule has 2 rings (SSSR count). The fourth-order valence-corrected chi connectivity index (χ4v) is 1.54. The Balaban J connectivity index is 1.90. The smallest absolute Gasteiger partial charge is 0.336 e. The number of H-pyrrole nitrogens is 1. The molecule has 1 unspecified atom stereocenters. The van der Waals surface area contributed by atoms with E-state index in [0.29, 0.717) is 6.61 Å². The van der Waals surface area contributed by atoms with Crippen LogP contribution in [0.25, 0.3) is 0 Å². The predicted octanol–water partition coefficient (Wildman–Crippen LogP) is 0.321. The van der Waals surface area contributed by atoms with E-state index in [4.69, 9.17) is 9.47 Å². The maximum absolute atomic E-state index is 11.7. The molecule has 88 valence electrons. The molecule has 7 nitrogen and oxygen atoms in total. The zero-order valence-corrected chi connectivity index (χ0v) is 9.02. The molecule has 0 bridgehead atoms. The summed E-state index contributed by atoms with van der Waals surface area (Å²) >= 11 is 0. The van der Waals surface area contributed by atoms with Crippen LogP contribution in [-0.4, -0.2) is 40.9 Å². The summed E-state index contributed by atoms with van der Waals surface area (Å²) in [5, 5.41) is 8.87. The molecule has 1 aromatic heterocycles. The van der Waals surface area contributed by atoms with Gasteiger partial charge in [-0.2, -0.15) is 4.98 Å². The van der Waals surface area contributed by atoms with Gasteiger partial charge in [-0.25, -0.2) is 5.10 Å². The van der Waals surface area contributed by atoms with Crippen LogP contribution in [0.5, 0.6) is 6.01 Å². The van der Waals surface area contributed by atoms with Crippen molar-refractivity contribution in [3.05, 3.63) is 0 Å². The van der Waals surface area contributed by atoms with Crippen LogP contribution in [0.3, 0.4) is 0 Å². The van der Waals surface area contributed by atoms with Gasteiger partial charge < -0.3 is 9.47 Å². The van der Waals surface area contributed by atoms with E-state index in [0.717, 1.165) is 19.3 Å². The summed E-state index contributed by atoms with van der Waals surface area (Å²) in [5.41, 5.74) is 0. The highest BCUT2D eigenvalue weighted by Gasteiger charge is 2.22. The van der Waals surface area contributed by atoms with E-state index in [2.05, 4.69) is 20.5 Å². The molecular formula is C9H14N4O3. The number of hydrogen-bond donors (Lipinski definition) is 2. The van der Waals surface area contributed by atoms with Crippen LogP contribution >= 0.6 is 0 Å². The zero-order valence-electron chi connectivity index (χ0n) is 9.02. The second kappa shape index (κ2) is 4.93. The molecule has 1 aliphatic heterocycles. The standard InChI is InChI=1S/C9H14N4O3/c1-15-9-11-8(12-13-9)10-7(14)6-4-2-3-5-16-6/h6H,2-5H2,1H3,(H2,10,11,12,13,14). The lowest BCUT2D eigenvalue weighted by Crippen LogP contribution is -2.33. The summed E-state index contributed by atoms with van der Waals surface area (Å²) in [4.78, 5) is 15.6. The number of carbonyl (C=O) groups excluding carboxylic acids is 1. The van der Waals surface area contributed by atoms with Gasteiger partial charge in [-0.1, -0.05) is 0 Å². The van der Waals surface area contributed by atoms with Gasteiger partial charge in [-0.15, -0.1) is 5.10 Å². The molecule has 2 N–H and O–H groups in total. The van der Waals surface area contributed by atoms with Crippen molar-refractivity contribution in [1.82, 2.24) is 15.2 Å². The maximum atomic E-state index is 11.7. The van der Waals surface area contributed by atoms with Gasteiger partial charge in [0.25, 0.3) is 5.91 Å². The lowest BCUT2D eigenvalue weighted by molar-refractivity contribution is -0.130. The Morgan fingerprint density at radius 1 is 1.62 bits per heavy atom. The van der Waals surface area contributed by atoms with Crippen molar-refractivity contribution in [3.63, 3.8) is 0 Å². The van der Waals surface area contributed by atoms with Gasteiger partial charge in [-0.3, -0.25) is 10.1 Å². The lowest BCUT2D eigenvalue weighted by Gasteiger charge is -2.20. The van der Waals surface area contributed by atoms with Crippen LogP contribution in [-0.2, 0) is 9.53 Å². The highest BCUT2D eigenvalue weighted by atomic mass is 16.5. The number of aromatic nitrogens is 3. The summed E-state index contributed by atoms with van der Waals surface area (Å²) < 4.78 is 10.1. The third-order valence-electron chi connectivity index (χ3n) is 2.36. The van der Waals surface area contributed by atoms with Gasteiger partial charge in [0.1, 0.15) is 6.10 Å². The summed E-state index contributed by atoms with van der Waals surface area (Å²) in [6.45, 7) is 0.637. The van der Waals surface area contributed by atoms with Crippen molar-refractivity contribution < 1.29 is 14.3 Å². The van der Waals surface area contributed by atoms with Crippen molar-refractivity contribution in [2.75, 3.05) is 19.0 Å². The van der Waals surface area contributed by atoms with Crippen LogP contribution in [0.15, 0.2) is 0 Å². The van der Waals surface area contributed by atoms with Crippen LogP contribution in [0.1, 0.15) is 19.3 Å². The Morgan fingerprint density at radius 3 is 3.12 bits per heavy atom. The predicted molar refractivity (Wildman–Crippen MR) is 55.2 cm³/mol. The molecule has 1 saturated heterocycles. The quantitative estimate of drug-likeness (QED) is 0.774. The van der Waals surface area contributed by atoms with Crippen molar-refractivity contribution in [2.24, 2.45) is 0 Å². The van der Waals surface area contributed by atoms with Crippen molar-refractivity contribution in [3.8, 4) is 6.01 Å². The van der Waals surface area contributed by atoms with Gasteiger partial charge in [0.15, 0.2) is 0 Å². The molecule has 16 heavy (non-hydrogen) atoms. The largest absolute Gasteiger partial charge is 0.466 e. The number of amides is 1. The van der Waals surface area contributed by atoms with E-state index in [9.17, 15) is 4.79 Å². The Bertz CT molecular complexity index is 359. The minimum atomic E-state index is -0.384. The van der Waals surface area contributed by atoms with Crippen LogP contribution in [0.2, 0.25) is 0 Å². The first-order chi connectivity index (χ1) is 7.79. The Hall–Kier alpha value is -1.63. The molecule has 2 heterocycles. The fraction of sp³-hybridized carbons (Fsp3) is 0.667. The number of aromatic amines is 1. The molecule has 0 aliphatic carbocycles. The first-order valence-corrected chi connectivity index (χ1v) is 5.18. The summed E-state index contributed by atoms with van der Waals surface area (Å²) in [6, 6.07) is 0.194. The number of carbonyl (C=O) groups is 1. The first kappa shape index (κ1) is 10.9. The molecule has 0 radical (unpaired) electrons. The number of rotatable bonds is 3. The summed E-state index contributed by atoms with van der Waals surface area (Å²) in [6.07, 6.45) is 2.39. The molecular weight excluding hydrogens is 212 g/mol. The highest BCUT2D eigenvalue weighted by molar-refractivity contribution is 5.92. The molecule has 1 atom stereocenters. The Morgan fingerprint density at radius 2 is 2.50 bits per heavy atom. The molecule has 0 spiro atoms. The second-order valence-corrected chi connectivity index (χ2v) is 3.52. The van der Waals surface area contributed by atoms with Crippen LogP contribution in [0, 0.1) is 0 Å². The molecule has 1 fully saturated rings. The molecule has 7 heteroatoms.